The molecule has 1 fully saturated rings. The fourth-order valence-electron chi connectivity index (χ4n) is 1.79. The average Bonchev–Trinajstić information content (AvgIpc) is 2.83. The first kappa shape index (κ1) is 11.8. The van der Waals surface area contributed by atoms with Crippen molar-refractivity contribution in [1.29, 1.82) is 0 Å². The van der Waals surface area contributed by atoms with Gasteiger partial charge in [0.2, 0.25) is 0 Å². The van der Waals surface area contributed by atoms with Crippen molar-refractivity contribution in [2.45, 2.75) is 19.0 Å². The fourth-order valence-corrected chi connectivity index (χ4v) is 4.44. The van der Waals surface area contributed by atoms with E-state index < -0.39 is 9.84 Å². The van der Waals surface area contributed by atoms with Crippen LogP contribution >= 0.6 is 11.3 Å². The highest BCUT2D eigenvalue weighted by molar-refractivity contribution is 7.91. The summed E-state index contributed by atoms with van der Waals surface area (Å²) < 4.78 is 22.7. The van der Waals surface area contributed by atoms with Crippen molar-refractivity contribution >= 4 is 26.3 Å². The van der Waals surface area contributed by atoms with E-state index in [9.17, 15) is 8.42 Å². The number of nitrogens with two attached hydrogens (primary N) is 1. The second kappa shape index (κ2) is 4.31. The zero-order valence-corrected chi connectivity index (χ0v) is 10.7. The molecule has 7 heteroatoms. The van der Waals surface area contributed by atoms with E-state index in [2.05, 4.69) is 4.98 Å². The smallest absolute Gasteiger partial charge is 0.185 e. The number of anilines is 1. The van der Waals surface area contributed by atoms with Gasteiger partial charge in [-0.1, -0.05) is 0 Å². The van der Waals surface area contributed by atoms with Crippen LogP contribution < -0.4 is 10.6 Å². The lowest BCUT2D eigenvalue weighted by Crippen LogP contribution is -2.32. The number of nitrogens with zero attached hydrogens (tertiary/aromatic N) is 2. The maximum atomic E-state index is 11.4. The number of sulfone groups is 1. The minimum absolute atomic E-state index is 0.0572. The summed E-state index contributed by atoms with van der Waals surface area (Å²) in [7, 11) is -0.943. The molecule has 0 saturated carbocycles. The molecule has 2 heterocycles. The number of hydrogen-bond donors (Lipinski definition) is 1. The van der Waals surface area contributed by atoms with Gasteiger partial charge in [0.1, 0.15) is 0 Å². The molecule has 0 aromatic carbocycles. The molecule has 1 saturated heterocycles. The third-order valence-electron chi connectivity index (χ3n) is 2.81. The van der Waals surface area contributed by atoms with E-state index in [1.165, 1.54) is 11.3 Å². The van der Waals surface area contributed by atoms with E-state index in [-0.39, 0.29) is 17.5 Å². The Hall–Kier alpha value is -0.660. The highest BCUT2D eigenvalue weighted by atomic mass is 32.2. The Labute approximate surface area is 99.2 Å². The zero-order chi connectivity index (χ0) is 11.8. The summed E-state index contributed by atoms with van der Waals surface area (Å²) in [6.07, 6.45) is 0.691. The van der Waals surface area contributed by atoms with Crippen LogP contribution in [-0.4, -0.2) is 38.0 Å². The Kier molecular flexibility index (Phi) is 3.18. The molecule has 0 aliphatic carbocycles. The molecule has 0 radical (unpaired) electrons. The van der Waals surface area contributed by atoms with Crippen LogP contribution in [0.3, 0.4) is 0 Å². The summed E-state index contributed by atoms with van der Waals surface area (Å²) in [5.74, 6) is 0.526. The van der Waals surface area contributed by atoms with Gasteiger partial charge in [-0.15, -0.1) is 11.3 Å². The molecule has 0 bridgehead atoms. The third-order valence-corrected chi connectivity index (χ3v) is 5.54. The van der Waals surface area contributed by atoms with Crippen molar-refractivity contribution in [3.8, 4) is 0 Å². The minimum Gasteiger partial charge on any atom is -0.347 e. The lowest BCUT2D eigenvalue weighted by atomic mass is 10.2. The first-order valence-corrected chi connectivity index (χ1v) is 7.79. The van der Waals surface area contributed by atoms with E-state index in [1.54, 1.807) is 0 Å². The fraction of sp³-hybridized carbons (Fsp3) is 0.667. The van der Waals surface area contributed by atoms with Crippen molar-refractivity contribution in [2.75, 3.05) is 23.5 Å². The summed E-state index contributed by atoms with van der Waals surface area (Å²) in [5, 5.41) is 2.76. The van der Waals surface area contributed by atoms with Crippen molar-refractivity contribution in [2.24, 2.45) is 5.73 Å². The number of hydrogen-bond acceptors (Lipinski definition) is 6. The summed E-state index contributed by atoms with van der Waals surface area (Å²) in [6, 6.07) is 0.0572. The SMILES string of the molecule is CN(c1nc(CN)cs1)C1CCS(=O)(=O)C1. The standard InChI is InChI=1S/C9H15N3O2S2/c1-12(8-2-3-16(13,14)6-8)9-11-7(4-10)5-15-9/h5,8H,2-4,6,10H2,1H3. The Morgan fingerprint density at radius 3 is 2.94 bits per heavy atom. The Bertz CT molecular complexity index is 469. The van der Waals surface area contributed by atoms with E-state index in [0.29, 0.717) is 13.0 Å². The van der Waals surface area contributed by atoms with Crippen molar-refractivity contribution in [3.05, 3.63) is 11.1 Å². The molecular formula is C9H15N3O2S2. The van der Waals surface area contributed by atoms with Crippen LogP contribution in [0.5, 0.6) is 0 Å². The number of thiazole rings is 1. The monoisotopic (exact) mass is 261 g/mol. The summed E-state index contributed by atoms with van der Waals surface area (Å²) >= 11 is 1.51. The maximum Gasteiger partial charge on any atom is 0.185 e. The van der Waals surface area contributed by atoms with Crippen LogP contribution in [0.15, 0.2) is 5.38 Å². The zero-order valence-electron chi connectivity index (χ0n) is 9.09. The normalized spacial score (nSPS) is 23.5. The molecule has 2 rings (SSSR count). The van der Waals surface area contributed by atoms with Crippen molar-refractivity contribution in [3.63, 3.8) is 0 Å². The predicted molar refractivity (Wildman–Crippen MR) is 65.5 cm³/mol. The first-order chi connectivity index (χ1) is 7.52. The topological polar surface area (TPSA) is 76.3 Å². The van der Waals surface area contributed by atoms with Crippen LogP contribution in [0, 0.1) is 0 Å². The molecule has 5 nitrogen and oxygen atoms in total. The molecule has 1 aliphatic rings. The van der Waals surface area contributed by atoms with Crippen molar-refractivity contribution in [1.82, 2.24) is 4.98 Å². The Morgan fingerprint density at radius 2 is 2.44 bits per heavy atom. The summed E-state index contributed by atoms with van der Waals surface area (Å²) in [4.78, 5) is 6.30. The molecule has 0 amide bonds. The largest absolute Gasteiger partial charge is 0.347 e. The van der Waals surface area contributed by atoms with Gasteiger partial charge in [0, 0.05) is 25.0 Å². The predicted octanol–water partition coefficient (Wildman–Crippen LogP) is 0.225. The molecule has 0 spiro atoms. The molecule has 1 aliphatic heterocycles. The van der Waals surface area contributed by atoms with Crippen LogP contribution in [0.1, 0.15) is 12.1 Å². The lowest BCUT2D eigenvalue weighted by molar-refractivity contribution is 0.601. The van der Waals surface area contributed by atoms with Gasteiger partial charge < -0.3 is 10.6 Å². The number of rotatable bonds is 3. The van der Waals surface area contributed by atoms with Crippen LogP contribution in [0.2, 0.25) is 0 Å². The van der Waals surface area contributed by atoms with Gasteiger partial charge in [-0.05, 0) is 6.42 Å². The van der Waals surface area contributed by atoms with Gasteiger partial charge in [0.15, 0.2) is 15.0 Å². The maximum absolute atomic E-state index is 11.4. The molecule has 2 N–H and O–H groups in total. The molecule has 1 unspecified atom stereocenters. The quantitative estimate of drug-likeness (QED) is 0.842. The van der Waals surface area contributed by atoms with Gasteiger partial charge in [-0.3, -0.25) is 0 Å². The van der Waals surface area contributed by atoms with E-state index >= 15 is 0 Å². The van der Waals surface area contributed by atoms with Crippen LogP contribution in [0.4, 0.5) is 5.13 Å². The first-order valence-electron chi connectivity index (χ1n) is 5.09. The van der Waals surface area contributed by atoms with Crippen LogP contribution in [0.25, 0.3) is 0 Å². The van der Waals surface area contributed by atoms with E-state index in [0.717, 1.165) is 10.8 Å². The summed E-state index contributed by atoms with van der Waals surface area (Å²) in [5.41, 5.74) is 6.34. The van der Waals surface area contributed by atoms with Crippen LogP contribution in [-0.2, 0) is 16.4 Å². The third kappa shape index (κ3) is 2.36. The minimum atomic E-state index is -2.84. The highest BCUT2D eigenvalue weighted by Gasteiger charge is 2.31. The van der Waals surface area contributed by atoms with Gasteiger partial charge in [0.05, 0.1) is 17.2 Å². The molecule has 1 aromatic heterocycles. The Morgan fingerprint density at radius 1 is 1.69 bits per heavy atom. The van der Waals surface area contributed by atoms with Gasteiger partial charge in [0.25, 0.3) is 0 Å². The lowest BCUT2D eigenvalue weighted by Gasteiger charge is -2.22. The molecule has 16 heavy (non-hydrogen) atoms. The molecule has 90 valence electrons. The van der Waals surface area contributed by atoms with E-state index in [1.807, 2.05) is 17.3 Å². The Balaban J connectivity index is 2.11. The molecular weight excluding hydrogens is 246 g/mol. The van der Waals surface area contributed by atoms with Crippen molar-refractivity contribution < 1.29 is 8.42 Å². The van der Waals surface area contributed by atoms with E-state index in [4.69, 9.17) is 5.73 Å². The second-order valence-electron chi connectivity index (χ2n) is 3.99. The van der Waals surface area contributed by atoms with Gasteiger partial charge in [-0.25, -0.2) is 13.4 Å². The second-order valence-corrected chi connectivity index (χ2v) is 7.06. The summed E-state index contributed by atoms with van der Waals surface area (Å²) in [6.45, 7) is 0.424. The average molecular weight is 261 g/mol. The number of aromatic nitrogens is 1. The molecule has 1 aromatic rings. The van der Waals surface area contributed by atoms with Gasteiger partial charge in [-0.2, -0.15) is 0 Å². The van der Waals surface area contributed by atoms with Gasteiger partial charge >= 0.3 is 0 Å². The highest BCUT2D eigenvalue weighted by Crippen LogP contribution is 2.25. The molecule has 1 atom stereocenters.